The van der Waals surface area contributed by atoms with Gasteiger partial charge in [-0.1, -0.05) is 13.8 Å². The van der Waals surface area contributed by atoms with E-state index in [0.29, 0.717) is 18.1 Å². The maximum atomic E-state index is 14.7. The summed E-state index contributed by atoms with van der Waals surface area (Å²) in [6, 6.07) is 6.44. The lowest BCUT2D eigenvalue weighted by Crippen LogP contribution is -2.38. The molecule has 0 saturated heterocycles. The Morgan fingerprint density at radius 2 is 2.15 bits per heavy atom. The highest BCUT2D eigenvalue weighted by Crippen LogP contribution is 2.41. The van der Waals surface area contributed by atoms with Gasteiger partial charge in [0, 0.05) is 30.3 Å². The van der Waals surface area contributed by atoms with Crippen LogP contribution in [0.5, 0.6) is 5.88 Å². The number of aryl methyl sites for hydroxylation is 1. The lowest BCUT2D eigenvalue weighted by atomic mass is 9.86. The highest BCUT2D eigenvalue weighted by atomic mass is 19.1. The Labute approximate surface area is 158 Å². The summed E-state index contributed by atoms with van der Waals surface area (Å²) in [5, 5.41) is 6.10. The van der Waals surface area contributed by atoms with Gasteiger partial charge >= 0.3 is 0 Å². The second-order valence-corrected chi connectivity index (χ2v) is 7.89. The molecule has 27 heavy (non-hydrogen) atoms. The van der Waals surface area contributed by atoms with Crippen molar-refractivity contribution in [2.45, 2.75) is 44.6 Å². The number of rotatable bonds is 3. The van der Waals surface area contributed by atoms with Gasteiger partial charge in [-0.2, -0.15) is 0 Å². The first-order valence-electron chi connectivity index (χ1n) is 9.30. The molecule has 1 atom stereocenters. The topological polar surface area (TPSA) is 63.2 Å². The summed E-state index contributed by atoms with van der Waals surface area (Å²) in [5.74, 6) is 0.0892. The standard InChI is InChI=1S/C21H24FN3O2/c1-21(2)8-6-12-10-13(11-15(22)18(12)21)24-20(26)19-14-4-5-17(27-3)25-16(14)7-9-23-19/h4-5,10-11,19,23H,6-9H2,1-3H3,(H,24,26). The van der Waals surface area contributed by atoms with Crippen LogP contribution in [0, 0.1) is 5.82 Å². The molecule has 1 aliphatic heterocycles. The Kier molecular flexibility index (Phi) is 4.38. The molecular weight excluding hydrogens is 345 g/mol. The van der Waals surface area contributed by atoms with Crippen LogP contribution in [0.15, 0.2) is 24.3 Å². The van der Waals surface area contributed by atoms with Crippen molar-refractivity contribution in [3.05, 3.63) is 52.5 Å². The Morgan fingerprint density at radius 3 is 2.93 bits per heavy atom. The van der Waals surface area contributed by atoms with Crippen molar-refractivity contribution >= 4 is 11.6 Å². The number of aromatic nitrogens is 1. The zero-order chi connectivity index (χ0) is 19.2. The molecule has 5 nitrogen and oxygen atoms in total. The molecule has 0 fully saturated rings. The summed E-state index contributed by atoms with van der Waals surface area (Å²) >= 11 is 0. The third kappa shape index (κ3) is 3.18. The van der Waals surface area contributed by atoms with Gasteiger partial charge in [0.05, 0.1) is 12.8 Å². The van der Waals surface area contributed by atoms with E-state index in [-0.39, 0.29) is 17.1 Å². The molecule has 6 heteroatoms. The van der Waals surface area contributed by atoms with Crippen molar-refractivity contribution in [3.63, 3.8) is 0 Å². The molecule has 1 aromatic heterocycles. The fourth-order valence-corrected chi connectivity index (χ4v) is 4.23. The van der Waals surface area contributed by atoms with Crippen molar-refractivity contribution in [1.29, 1.82) is 0 Å². The van der Waals surface area contributed by atoms with E-state index in [9.17, 15) is 9.18 Å². The summed E-state index contributed by atoms with van der Waals surface area (Å²) in [6.45, 7) is 4.77. The number of methoxy groups -OCH3 is 1. The number of ether oxygens (including phenoxy) is 1. The van der Waals surface area contributed by atoms with Gasteiger partial charge in [0.25, 0.3) is 0 Å². The number of pyridine rings is 1. The lowest BCUT2D eigenvalue weighted by molar-refractivity contribution is -0.118. The monoisotopic (exact) mass is 369 g/mol. The molecule has 1 aliphatic carbocycles. The molecule has 4 rings (SSSR count). The Bertz CT molecular complexity index is 911. The SMILES string of the molecule is COc1ccc2c(n1)CCNC2C(=O)Nc1cc(F)c2c(c1)CCC2(C)C. The van der Waals surface area contributed by atoms with Gasteiger partial charge in [0.1, 0.15) is 11.9 Å². The second kappa shape index (κ2) is 6.60. The molecule has 1 unspecified atom stereocenters. The van der Waals surface area contributed by atoms with Gasteiger partial charge in [-0.25, -0.2) is 9.37 Å². The zero-order valence-electron chi connectivity index (χ0n) is 15.9. The molecule has 2 aromatic rings. The van der Waals surface area contributed by atoms with Crippen LogP contribution >= 0.6 is 0 Å². The predicted octanol–water partition coefficient (Wildman–Crippen LogP) is 3.28. The fourth-order valence-electron chi connectivity index (χ4n) is 4.23. The average Bonchev–Trinajstić information content (AvgIpc) is 2.95. The summed E-state index contributed by atoms with van der Waals surface area (Å²) < 4.78 is 19.8. The molecule has 2 N–H and O–H groups in total. The number of fused-ring (bicyclic) bond motifs is 2. The van der Waals surface area contributed by atoms with Crippen LogP contribution in [-0.2, 0) is 23.1 Å². The number of nitrogens with one attached hydrogen (secondary N) is 2. The van der Waals surface area contributed by atoms with Gasteiger partial charge in [0.2, 0.25) is 11.8 Å². The number of carbonyl (C=O) groups is 1. The number of carbonyl (C=O) groups excluding carboxylic acids is 1. The van der Waals surface area contributed by atoms with E-state index in [1.54, 1.807) is 13.2 Å². The quantitative estimate of drug-likeness (QED) is 0.872. The molecule has 0 radical (unpaired) electrons. The van der Waals surface area contributed by atoms with E-state index >= 15 is 0 Å². The molecule has 0 bridgehead atoms. The van der Waals surface area contributed by atoms with Crippen molar-refractivity contribution in [2.75, 3.05) is 19.0 Å². The van der Waals surface area contributed by atoms with Crippen molar-refractivity contribution < 1.29 is 13.9 Å². The molecule has 0 spiro atoms. The van der Waals surface area contributed by atoms with E-state index in [1.807, 2.05) is 12.1 Å². The second-order valence-electron chi connectivity index (χ2n) is 7.89. The average molecular weight is 369 g/mol. The minimum Gasteiger partial charge on any atom is -0.481 e. The van der Waals surface area contributed by atoms with Gasteiger partial charge in [0.15, 0.2) is 0 Å². The first-order chi connectivity index (χ1) is 12.9. The van der Waals surface area contributed by atoms with Crippen molar-refractivity contribution in [2.24, 2.45) is 0 Å². The first kappa shape index (κ1) is 17.9. The number of anilines is 1. The zero-order valence-corrected chi connectivity index (χ0v) is 15.9. The summed E-state index contributed by atoms with van der Waals surface area (Å²) in [6.07, 6.45) is 2.48. The van der Waals surface area contributed by atoms with Crippen LogP contribution in [0.1, 0.15) is 48.7 Å². The van der Waals surface area contributed by atoms with E-state index in [4.69, 9.17) is 4.74 Å². The van der Waals surface area contributed by atoms with Gasteiger partial charge in [-0.15, -0.1) is 0 Å². The van der Waals surface area contributed by atoms with Crippen LogP contribution in [0.2, 0.25) is 0 Å². The Morgan fingerprint density at radius 1 is 1.33 bits per heavy atom. The normalized spacial score (nSPS) is 19.9. The highest BCUT2D eigenvalue weighted by Gasteiger charge is 2.34. The summed E-state index contributed by atoms with van der Waals surface area (Å²) in [7, 11) is 1.57. The van der Waals surface area contributed by atoms with Crippen LogP contribution < -0.4 is 15.4 Å². The summed E-state index contributed by atoms with van der Waals surface area (Å²) in [4.78, 5) is 17.3. The molecule has 2 heterocycles. The minimum atomic E-state index is -0.514. The van der Waals surface area contributed by atoms with E-state index in [1.165, 1.54) is 6.07 Å². The summed E-state index contributed by atoms with van der Waals surface area (Å²) in [5.41, 5.74) is 3.80. The fraction of sp³-hybridized carbons (Fsp3) is 0.429. The smallest absolute Gasteiger partial charge is 0.246 e. The predicted molar refractivity (Wildman–Crippen MR) is 102 cm³/mol. The molecular formula is C21H24FN3O2. The molecule has 1 amide bonds. The Hall–Kier alpha value is -2.47. The maximum Gasteiger partial charge on any atom is 0.246 e. The van der Waals surface area contributed by atoms with Gasteiger partial charge < -0.3 is 15.4 Å². The van der Waals surface area contributed by atoms with Crippen LogP contribution in [0.3, 0.4) is 0 Å². The third-order valence-electron chi connectivity index (χ3n) is 5.61. The number of halogens is 1. The number of hydrogen-bond acceptors (Lipinski definition) is 4. The molecule has 2 aliphatic rings. The van der Waals surface area contributed by atoms with Gasteiger partial charge in [-0.05, 0) is 47.6 Å². The third-order valence-corrected chi connectivity index (χ3v) is 5.61. The first-order valence-corrected chi connectivity index (χ1v) is 9.30. The number of benzene rings is 1. The van der Waals surface area contributed by atoms with Gasteiger partial charge in [-0.3, -0.25) is 4.79 Å². The van der Waals surface area contributed by atoms with Crippen molar-refractivity contribution in [3.8, 4) is 5.88 Å². The molecule has 142 valence electrons. The van der Waals surface area contributed by atoms with Crippen LogP contribution in [0.4, 0.5) is 10.1 Å². The maximum absolute atomic E-state index is 14.7. The van der Waals surface area contributed by atoms with E-state index in [0.717, 1.165) is 41.6 Å². The Balaban J connectivity index is 1.59. The molecule has 0 saturated carbocycles. The van der Waals surface area contributed by atoms with Crippen LogP contribution in [-0.4, -0.2) is 24.5 Å². The minimum absolute atomic E-state index is 0.156. The largest absolute Gasteiger partial charge is 0.481 e. The van der Waals surface area contributed by atoms with E-state index in [2.05, 4.69) is 29.5 Å². The lowest BCUT2D eigenvalue weighted by Gasteiger charge is -2.26. The van der Waals surface area contributed by atoms with E-state index < -0.39 is 6.04 Å². The number of nitrogens with zero attached hydrogens (tertiary/aromatic N) is 1. The number of amides is 1. The highest BCUT2D eigenvalue weighted by molar-refractivity contribution is 5.96. The van der Waals surface area contributed by atoms with Crippen LogP contribution in [0.25, 0.3) is 0 Å². The molecule has 1 aromatic carbocycles. The van der Waals surface area contributed by atoms with Crippen molar-refractivity contribution in [1.82, 2.24) is 10.3 Å². The number of hydrogen-bond donors (Lipinski definition) is 2.